The zero-order chi connectivity index (χ0) is 12.6. The first-order valence-corrected chi connectivity index (χ1v) is 6.86. The lowest BCUT2D eigenvalue weighted by Gasteiger charge is -2.16. The van der Waals surface area contributed by atoms with Crippen molar-refractivity contribution in [3.8, 4) is 0 Å². The van der Waals surface area contributed by atoms with Gasteiger partial charge in [0.1, 0.15) is 7.85 Å². The quantitative estimate of drug-likeness (QED) is 0.585. The van der Waals surface area contributed by atoms with E-state index < -0.39 is 15.2 Å². The SMILES string of the molecule is BC(C)(C)C(=O)c1ccc(S(C)(=O)=O)cc1. The fourth-order valence-corrected chi connectivity index (χ4v) is 1.92. The summed E-state index contributed by atoms with van der Waals surface area (Å²) >= 11 is 0. The van der Waals surface area contributed by atoms with E-state index >= 15 is 0 Å². The molecule has 0 aliphatic heterocycles. The van der Waals surface area contributed by atoms with Crippen LogP contribution in [0.1, 0.15) is 24.2 Å². The molecule has 0 unspecified atom stereocenters. The molecule has 0 aliphatic carbocycles. The molecule has 0 saturated carbocycles. The molecule has 0 bridgehead atoms. The van der Waals surface area contributed by atoms with E-state index in [-0.39, 0.29) is 10.7 Å². The minimum Gasteiger partial charge on any atom is -0.294 e. The summed E-state index contributed by atoms with van der Waals surface area (Å²) < 4.78 is 22.5. The van der Waals surface area contributed by atoms with Crippen LogP contribution >= 0.6 is 0 Å². The maximum Gasteiger partial charge on any atom is 0.175 e. The number of carbonyl (C=O) groups excluding carboxylic acids is 1. The Labute approximate surface area is 97.2 Å². The Morgan fingerprint density at radius 1 is 1.19 bits per heavy atom. The van der Waals surface area contributed by atoms with Crippen LogP contribution in [-0.2, 0) is 9.84 Å². The van der Waals surface area contributed by atoms with Crippen LogP contribution in [-0.4, -0.2) is 28.3 Å². The molecule has 0 fully saturated rings. The molecular weight excluding hydrogens is 223 g/mol. The molecule has 0 radical (unpaired) electrons. The van der Waals surface area contributed by atoms with Crippen LogP contribution in [0.3, 0.4) is 0 Å². The summed E-state index contributed by atoms with van der Waals surface area (Å²) in [5, 5.41) is -0.452. The first-order chi connectivity index (χ1) is 7.12. The lowest BCUT2D eigenvalue weighted by Crippen LogP contribution is -2.17. The molecule has 0 N–H and O–H groups in total. The Kier molecular flexibility index (Phi) is 3.29. The molecule has 1 aromatic carbocycles. The van der Waals surface area contributed by atoms with E-state index in [0.717, 1.165) is 6.26 Å². The summed E-state index contributed by atoms with van der Waals surface area (Å²) in [6.07, 6.45) is 1.15. The largest absolute Gasteiger partial charge is 0.294 e. The lowest BCUT2D eigenvalue weighted by atomic mass is 9.67. The van der Waals surface area contributed by atoms with Crippen LogP contribution in [0.2, 0.25) is 5.31 Å². The van der Waals surface area contributed by atoms with Gasteiger partial charge in [-0.25, -0.2) is 8.42 Å². The van der Waals surface area contributed by atoms with Crippen LogP contribution in [0.4, 0.5) is 0 Å². The van der Waals surface area contributed by atoms with E-state index in [2.05, 4.69) is 0 Å². The van der Waals surface area contributed by atoms with Gasteiger partial charge in [0.25, 0.3) is 0 Å². The van der Waals surface area contributed by atoms with E-state index in [1.54, 1.807) is 12.1 Å². The summed E-state index contributed by atoms with van der Waals surface area (Å²) in [7, 11) is -1.36. The molecule has 1 aromatic rings. The Morgan fingerprint density at radius 2 is 1.62 bits per heavy atom. The van der Waals surface area contributed by atoms with Gasteiger partial charge in [0, 0.05) is 11.8 Å². The molecular formula is C11H15BO3S. The van der Waals surface area contributed by atoms with Gasteiger partial charge in [-0.3, -0.25) is 4.79 Å². The van der Waals surface area contributed by atoms with Gasteiger partial charge in [-0.05, 0) is 17.4 Å². The lowest BCUT2D eigenvalue weighted by molar-refractivity contribution is 0.0949. The second-order valence-electron chi connectivity index (χ2n) is 4.88. The van der Waals surface area contributed by atoms with Crippen molar-refractivity contribution in [1.82, 2.24) is 0 Å². The number of ketones is 1. The minimum atomic E-state index is -3.19. The van der Waals surface area contributed by atoms with Crippen molar-refractivity contribution < 1.29 is 13.2 Å². The first-order valence-electron chi connectivity index (χ1n) is 4.97. The topological polar surface area (TPSA) is 51.2 Å². The fraction of sp³-hybridized carbons (Fsp3) is 0.364. The Hall–Kier alpha value is -1.10. The highest BCUT2D eigenvalue weighted by molar-refractivity contribution is 7.90. The summed E-state index contributed by atoms with van der Waals surface area (Å²) in [4.78, 5) is 12.1. The molecule has 0 aromatic heterocycles. The summed E-state index contributed by atoms with van der Waals surface area (Å²) in [6, 6.07) is 6.05. The van der Waals surface area contributed by atoms with E-state index in [9.17, 15) is 13.2 Å². The van der Waals surface area contributed by atoms with Gasteiger partial charge in [-0.1, -0.05) is 26.0 Å². The molecule has 86 valence electrons. The Balaban J connectivity index is 3.10. The summed E-state index contributed by atoms with van der Waals surface area (Å²) in [5.74, 6) is 0.00699. The highest BCUT2D eigenvalue weighted by Gasteiger charge is 2.22. The van der Waals surface area contributed by atoms with E-state index in [1.807, 2.05) is 21.7 Å². The molecule has 0 saturated heterocycles. The second kappa shape index (κ2) is 4.05. The fourth-order valence-electron chi connectivity index (χ4n) is 1.29. The Bertz CT molecular complexity index is 495. The molecule has 16 heavy (non-hydrogen) atoms. The molecule has 0 spiro atoms. The third-order valence-corrected chi connectivity index (χ3v) is 3.35. The van der Waals surface area contributed by atoms with Crippen molar-refractivity contribution in [3.63, 3.8) is 0 Å². The van der Waals surface area contributed by atoms with Crippen molar-refractivity contribution in [1.29, 1.82) is 0 Å². The minimum absolute atomic E-state index is 0.00699. The number of carbonyl (C=O) groups is 1. The third kappa shape index (κ3) is 2.95. The molecule has 0 aliphatic rings. The summed E-state index contributed by atoms with van der Waals surface area (Å²) in [5.41, 5.74) is 0.542. The van der Waals surface area contributed by atoms with Crippen molar-refractivity contribution in [2.24, 2.45) is 0 Å². The van der Waals surface area contributed by atoms with E-state index in [4.69, 9.17) is 0 Å². The highest BCUT2D eigenvalue weighted by atomic mass is 32.2. The van der Waals surface area contributed by atoms with Gasteiger partial charge >= 0.3 is 0 Å². The molecule has 0 heterocycles. The molecule has 1 rings (SSSR count). The van der Waals surface area contributed by atoms with Gasteiger partial charge < -0.3 is 0 Å². The van der Waals surface area contributed by atoms with Gasteiger partial charge in [0.15, 0.2) is 15.6 Å². The van der Waals surface area contributed by atoms with E-state index in [1.165, 1.54) is 12.1 Å². The number of rotatable bonds is 3. The smallest absolute Gasteiger partial charge is 0.175 e. The zero-order valence-corrected chi connectivity index (χ0v) is 10.8. The zero-order valence-electron chi connectivity index (χ0n) is 9.94. The number of benzene rings is 1. The van der Waals surface area contributed by atoms with Crippen LogP contribution in [0.25, 0.3) is 0 Å². The number of Topliss-reactive ketones (excluding diaryl/α,β-unsaturated/α-hetero) is 1. The molecule has 5 heteroatoms. The average molecular weight is 238 g/mol. The molecule has 0 amide bonds. The van der Waals surface area contributed by atoms with Crippen LogP contribution in [0, 0.1) is 0 Å². The maximum absolute atomic E-state index is 11.9. The second-order valence-corrected chi connectivity index (χ2v) is 6.89. The maximum atomic E-state index is 11.9. The van der Waals surface area contributed by atoms with Crippen molar-refractivity contribution in [2.45, 2.75) is 24.1 Å². The standard InChI is InChI=1S/C11H15BO3S/c1-11(2,12)10(13)8-4-6-9(7-5-8)16(3,14)15/h4-7H,12H2,1-3H3. The van der Waals surface area contributed by atoms with Crippen LogP contribution < -0.4 is 0 Å². The van der Waals surface area contributed by atoms with Crippen LogP contribution in [0.15, 0.2) is 29.2 Å². The predicted octanol–water partition coefficient (Wildman–Crippen LogP) is 1.10. The number of sulfone groups is 1. The first kappa shape index (κ1) is 13.0. The molecule has 0 atom stereocenters. The van der Waals surface area contributed by atoms with Crippen LogP contribution in [0.5, 0.6) is 0 Å². The van der Waals surface area contributed by atoms with Gasteiger partial charge in [0.2, 0.25) is 0 Å². The van der Waals surface area contributed by atoms with Crippen molar-refractivity contribution in [2.75, 3.05) is 6.26 Å². The highest BCUT2D eigenvalue weighted by Crippen LogP contribution is 2.25. The van der Waals surface area contributed by atoms with Crippen molar-refractivity contribution >= 4 is 23.5 Å². The number of hydrogen-bond donors (Lipinski definition) is 0. The van der Waals surface area contributed by atoms with Gasteiger partial charge in [-0.15, -0.1) is 0 Å². The summed E-state index contributed by atoms with van der Waals surface area (Å²) in [6.45, 7) is 3.67. The van der Waals surface area contributed by atoms with Crippen molar-refractivity contribution in [3.05, 3.63) is 29.8 Å². The third-order valence-electron chi connectivity index (χ3n) is 2.23. The normalized spacial score (nSPS) is 12.4. The number of hydrogen-bond acceptors (Lipinski definition) is 3. The monoisotopic (exact) mass is 238 g/mol. The predicted molar refractivity (Wildman–Crippen MR) is 66.5 cm³/mol. The van der Waals surface area contributed by atoms with E-state index in [0.29, 0.717) is 5.56 Å². The van der Waals surface area contributed by atoms with Gasteiger partial charge in [-0.2, -0.15) is 0 Å². The average Bonchev–Trinajstić information content (AvgIpc) is 2.14. The van der Waals surface area contributed by atoms with Gasteiger partial charge in [0.05, 0.1) is 4.90 Å². The Morgan fingerprint density at radius 3 is 1.94 bits per heavy atom. The molecule has 3 nitrogen and oxygen atoms in total.